The van der Waals surface area contributed by atoms with Crippen LogP contribution in [0.25, 0.3) is 0 Å². The second-order valence-corrected chi connectivity index (χ2v) is 6.71. The van der Waals surface area contributed by atoms with E-state index in [0.717, 1.165) is 12.1 Å². The molecule has 0 spiro atoms. The monoisotopic (exact) mass is 409 g/mol. The van der Waals surface area contributed by atoms with Crippen molar-refractivity contribution >= 4 is 17.7 Å². The minimum absolute atomic E-state index is 0.0346. The van der Waals surface area contributed by atoms with Crippen molar-refractivity contribution < 1.29 is 32.0 Å². The highest BCUT2D eigenvalue weighted by Crippen LogP contribution is 2.30. The number of aryl methyl sites for hydroxylation is 1. The zero-order valence-corrected chi connectivity index (χ0v) is 15.4. The van der Waals surface area contributed by atoms with Gasteiger partial charge >= 0.3 is 6.18 Å². The van der Waals surface area contributed by atoms with E-state index in [2.05, 4.69) is 10.9 Å². The normalized spacial score (nSPS) is 16.8. The van der Waals surface area contributed by atoms with Crippen LogP contribution in [-0.4, -0.2) is 29.2 Å². The Morgan fingerprint density at radius 2 is 2.00 bits per heavy atom. The van der Waals surface area contributed by atoms with Crippen LogP contribution in [0, 0.1) is 12.8 Å². The van der Waals surface area contributed by atoms with Crippen LogP contribution in [0.2, 0.25) is 0 Å². The van der Waals surface area contributed by atoms with Gasteiger partial charge in [0.2, 0.25) is 11.8 Å². The number of carbonyl (C=O) groups is 3. The number of likely N-dealkylation sites (tertiary alicyclic amines) is 1. The maximum absolute atomic E-state index is 12.8. The number of furan rings is 1. The Bertz CT molecular complexity index is 939. The van der Waals surface area contributed by atoms with Crippen LogP contribution in [-0.2, 0) is 22.3 Å². The third-order valence-electron chi connectivity index (χ3n) is 4.62. The summed E-state index contributed by atoms with van der Waals surface area (Å²) in [6.45, 7) is 1.60. The number of nitrogens with zero attached hydrogens (tertiary/aromatic N) is 1. The molecule has 1 saturated heterocycles. The first-order valence-electron chi connectivity index (χ1n) is 8.73. The lowest BCUT2D eigenvalue weighted by Gasteiger charge is -2.17. The van der Waals surface area contributed by atoms with E-state index in [1.807, 2.05) is 0 Å². The summed E-state index contributed by atoms with van der Waals surface area (Å²) in [4.78, 5) is 37.7. The van der Waals surface area contributed by atoms with Gasteiger partial charge in [-0.3, -0.25) is 25.2 Å². The van der Waals surface area contributed by atoms with Crippen LogP contribution in [0.5, 0.6) is 0 Å². The molecule has 0 radical (unpaired) electrons. The molecule has 1 fully saturated rings. The Morgan fingerprint density at radius 3 is 2.66 bits per heavy atom. The number of nitrogens with one attached hydrogen (secondary N) is 2. The summed E-state index contributed by atoms with van der Waals surface area (Å²) in [7, 11) is 0. The molecule has 10 heteroatoms. The molecule has 1 aliphatic rings. The van der Waals surface area contributed by atoms with Gasteiger partial charge in [0.05, 0.1) is 23.3 Å². The first-order chi connectivity index (χ1) is 13.6. The fraction of sp³-hybridized carbons (Fsp3) is 0.316. The molecular formula is C19H18F3N3O4. The molecule has 2 aromatic rings. The Balaban J connectivity index is 1.56. The van der Waals surface area contributed by atoms with E-state index in [9.17, 15) is 27.6 Å². The SMILES string of the molecule is Cc1occc1C(=O)NNC(=O)C1CC(=O)N(Cc2cccc(C(F)(F)F)c2)C1. The topological polar surface area (TPSA) is 91.6 Å². The van der Waals surface area contributed by atoms with Crippen molar-refractivity contribution in [2.75, 3.05) is 6.54 Å². The molecule has 1 aromatic carbocycles. The van der Waals surface area contributed by atoms with Gasteiger partial charge < -0.3 is 9.32 Å². The Morgan fingerprint density at radius 1 is 1.24 bits per heavy atom. The Labute approximate surface area is 163 Å². The molecule has 1 atom stereocenters. The smallest absolute Gasteiger partial charge is 0.416 e. The van der Waals surface area contributed by atoms with Gasteiger partial charge in [-0.15, -0.1) is 0 Å². The van der Waals surface area contributed by atoms with E-state index in [0.29, 0.717) is 11.3 Å². The number of halogens is 3. The van der Waals surface area contributed by atoms with Crippen molar-refractivity contribution in [3.05, 3.63) is 59.0 Å². The molecule has 1 aliphatic heterocycles. The first-order valence-corrected chi connectivity index (χ1v) is 8.73. The van der Waals surface area contributed by atoms with Crippen LogP contribution in [0.3, 0.4) is 0 Å². The third kappa shape index (κ3) is 4.76. The molecule has 3 amide bonds. The third-order valence-corrected chi connectivity index (χ3v) is 4.62. The largest absolute Gasteiger partial charge is 0.469 e. The summed E-state index contributed by atoms with van der Waals surface area (Å²) in [6, 6.07) is 6.15. The minimum Gasteiger partial charge on any atom is -0.469 e. The predicted molar refractivity (Wildman–Crippen MR) is 94.0 cm³/mol. The number of rotatable bonds is 4. The zero-order chi connectivity index (χ0) is 21.2. The molecule has 0 saturated carbocycles. The number of hydrazine groups is 1. The highest BCUT2D eigenvalue weighted by Gasteiger charge is 2.35. The van der Waals surface area contributed by atoms with Gasteiger partial charge in [0.15, 0.2) is 0 Å². The Hall–Kier alpha value is -3.30. The summed E-state index contributed by atoms with van der Waals surface area (Å²) >= 11 is 0. The summed E-state index contributed by atoms with van der Waals surface area (Å²) in [5.74, 6) is -1.80. The quantitative estimate of drug-likeness (QED) is 0.759. The van der Waals surface area contributed by atoms with Crippen LogP contribution in [0.15, 0.2) is 41.0 Å². The lowest BCUT2D eigenvalue weighted by Crippen LogP contribution is -2.45. The molecule has 0 aliphatic carbocycles. The van der Waals surface area contributed by atoms with Crippen LogP contribution >= 0.6 is 0 Å². The number of hydrogen-bond donors (Lipinski definition) is 2. The van der Waals surface area contributed by atoms with Crippen molar-refractivity contribution in [1.82, 2.24) is 15.8 Å². The maximum atomic E-state index is 12.8. The maximum Gasteiger partial charge on any atom is 0.416 e. The summed E-state index contributed by atoms with van der Waals surface area (Å²) < 4.78 is 43.5. The van der Waals surface area contributed by atoms with Crippen molar-refractivity contribution in [1.29, 1.82) is 0 Å². The van der Waals surface area contributed by atoms with Gasteiger partial charge in [-0.05, 0) is 30.7 Å². The van der Waals surface area contributed by atoms with Gasteiger partial charge in [0.25, 0.3) is 5.91 Å². The van der Waals surface area contributed by atoms with Gasteiger partial charge in [0, 0.05) is 19.5 Å². The standard InChI is InChI=1S/C19H18F3N3O4/c1-11-15(5-6-29-11)18(28)24-23-17(27)13-8-16(26)25(10-13)9-12-3-2-4-14(7-12)19(20,21)22/h2-7,13H,8-10H2,1H3,(H,23,27)(H,24,28). The molecule has 154 valence electrons. The molecule has 7 nitrogen and oxygen atoms in total. The fourth-order valence-corrected chi connectivity index (χ4v) is 3.08. The van der Waals surface area contributed by atoms with Crippen molar-refractivity contribution in [3.63, 3.8) is 0 Å². The molecule has 2 heterocycles. The minimum atomic E-state index is -4.47. The van der Waals surface area contributed by atoms with Gasteiger partial charge in [-0.1, -0.05) is 12.1 Å². The summed E-state index contributed by atoms with van der Waals surface area (Å²) in [5, 5.41) is 0. The van der Waals surface area contributed by atoms with Crippen LogP contribution in [0.4, 0.5) is 13.2 Å². The van der Waals surface area contributed by atoms with E-state index in [4.69, 9.17) is 4.42 Å². The van der Waals surface area contributed by atoms with Crippen LogP contribution < -0.4 is 10.9 Å². The number of amides is 3. The molecule has 0 bridgehead atoms. The Kier molecular flexibility index (Phi) is 5.62. The molecule has 29 heavy (non-hydrogen) atoms. The van der Waals surface area contributed by atoms with Gasteiger partial charge in [-0.2, -0.15) is 13.2 Å². The second kappa shape index (κ2) is 7.98. The number of alkyl halides is 3. The van der Waals surface area contributed by atoms with Crippen molar-refractivity contribution in [2.45, 2.75) is 26.1 Å². The second-order valence-electron chi connectivity index (χ2n) is 6.71. The molecular weight excluding hydrogens is 391 g/mol. The fourth-order valence-electron chi connectivity index (χ4n) is 3.08. The van der Waals surface area contributed by atoms with Crippen molar-refractivity contribution in [3.8, 4) is 0 Å². The molecule has 3 rings (SSSR count). The van der Waals surface area contributed by atoms with E-state index in [1.165, 1.54) is 29.4 Å². The van der Waals surface area contributed by atoms with E-state index in [1.54, 1.807) is 6.92 Å². The lowest BCUT2D eigenvalue weighted by atomic mass is 10.1. The molecule has 1 unspecified atom stereocenters. The average molecular weight is 409 g/mol. The van der Waals surface area contributed by atoms with E-state index < -0.39 is 29.5 Å². The van der Waals surface area contributed by atoms with E-state index in [-0.39, 0.29) is 31.0 Å². The molecule has 1 aromatic heterocycles. The predicted octanol–water partition coefficient (Wildman–Crippen LogP) is 2.42. The van der Waals surface area contributed by atoms with E-state index >= 15 is 0 Å². The first kappa shape index (κ1) is 20.4. The molecule has 2 N–H and O–H groups in total. The van der Waals surface area contributed by atoms with Crippen molar-refractivity contribution in [2.24, 2.45) is 5.92 Å². The number of carbonyl (C=O) groups excluding carboxylic acids is 3. The summed E-state index contributed by atoms with van der Waals surface area (Å²) in [6.07, 6.45) is -3.22. The highest BCUT2D eigenvalue weighted by atomic mass is 19.4. The lowest BCUT2D eigenvalue weighted by molar-refractivity contribution is -0.137. The number of benzene rings is 1. The zero-order valence-electron chi connectivity index (χ0n) is 15.4. The van der Waals surface area contributed by atoms with Gasteiger partial charge in [-0.25, -0.2) is 0 Å². The average Bonchev–Trinajstić information content (AvgIpc) is 3.25. The summed E-state index contributed by atoms with van der Waals surface area (Å²) in [5.41, 5.74) is 4.30. The number of hydrogen-bond acceptors (Lipinski definition) is 4. The van der Waals surface area contributed by atoms with Crippen LogP contribution in [0.1, 0.15) is 33.7 Å². The van der Waals surface area contributed by atoms with Gasteiger partial charge in [0.1, 0.15) is 5.76 Å². The highest BCUT2D eigenvalue weighted by molar-refractivity contribution is 5.97.